The lowest BCUT2D eigenvalue weighted by Crippen LogP contribution is -2.43. The Morgan fingerprint density at radius 2 is 1.72 bits per heavy atom. The fraction of sp³-hybridized carbons (Fsp3) is 0.259. The summed E-state index contributed by atoms with van der Waals surface area (Å²) in [6.07, 6.45) is 6.00. The van der Waals surface area contributed by atoms with Gasteiger partial charge in [-0.1, -0.05) is 36.4 Å². The Labute approximate surface area is 188 Å². The van der Waals surface area contributed by atoms with E-state index in [-0.39, 0.29) is 0 Å². The Morgan fingerprint density at radius 1 is 0.906 bits per heavy atom. The van der Waals surface area contributed by atoms with Crippen LogP contribution in [0.15, 0.2) is 65.9 Å². The molecule has 0 amide bonds. The number of nitrogens with one attached hydrogen (secondary N) is 1. The third kappa shape index (κ3) is 3.64. The molecule has 0 spiro atoms. The van der Waals surface area contributed by atoms with Crippen molar-refractivity contribution in [1.29, 1.82) is 0 Å². The first-order chi connectivity index (χ1) is 15.7. The zero-order valence-electron chi connectivity index (χ0n) is 18.4. The number of hydrogen-bond acceptors (Lipinski definition) is 4. The van der Waals surface area contributed by atoms with Crippen molar-refractivity contribution >= 4 is 17.2 Å². The monoisotopic (exact) mass is 421 g/mol. The summed E-state index contributed by atoms with van der Waals surface area (Å²) in [5, 5.41) is 1.15. The van der Waals surface area contributed by atoms with E-state index < -0.39 is 0 Å². The smallest absolute Gasteiger partial charge is 0.137 e. The van der Waals surface area contributed by atoms with Gasteiger partial charge in [0.2, 0.25) is 0 Å². The standard InChI is InChI=1S/C27H27N5/c1-31-8-10-32(11-9-31)18-19-2-4-20(5-3-19)24-13-25-26(17-30-27(25)29-16-24)21-6-7-22-14-28-15-23(22)12-21/h2-7,12-13,15-17H,8-11,14,18H2,1H3,(H,29,30). The van der Waals surface area contributed by atoms with Crippen LogP contribution in [0.1, 0.15) is 16.7 Å². The molecule has 160 valence electrons. The number of H-pyrrole nitrogens is 1. The van der Waals surface area contributed by atoms with Gasteiger partial charge in [0.1, 0.15) is 5.65 Å². The van der Waals surface area contributed by atoms with Crippen molar-refractivity contribution in [3.63, 3.8) is 0 Å². The number of piperazine rings is 1. The molecule has 2 aliphatic rings. The zero-order valence-corrected chi connectivity index (χ0v) is 18.4. The van der Waals surface area contributed by atoms with E-state index in [1.165, 1.54) is 33.4 Å². The number of aromatic amines is 1. The molecule has 5 heteroatoms. The summed E-state index contributed by atoms with van der Waals surface area (Å²) in [7, 11) is 2.20. The summed E-state index contributed by atoms with van der Waals surface area (Å²) in [6, 6.07) is 17.8. The summed E-state index contributed by atoms with van der Waals surface area (Å²) in [5.41, 5.74) is 9.54. The number of fused-ring (bicyclic) bond motifs is 2. The van der Waals surface area contributed by atoms with E-state index in [2.05, 4.69) is 81.6 Å². The third-order valence-corrected chi connectivity index (χ3v) is 6.77. The highest BCUT2D eigenvalue weighted by molar-refractivity contribution is 5.97. The Morgan fingerprint density at radius 3 is 2.56 bits per heavy atom. The molecule has 1 saturated heterocycles. The molecule has 0 saturated carbocycles. The molecule has 0 atom stereocenters. The number of nitrogens with zero attached hydrogens (tertiary/aromatic N) is 4. The number of pyridine rings is 1. The van der Waals surface area contributed by atoms with Crippen LogP contribution in [0.2, 0.25) is 0 Å². The fourth-order valence-corrected chi connectivity index (χ4v) is 4.74. The molecule has 1 fully saturated rings. The van der Waals surface area contributed by atoms with Crippen LogP contribution in [-0.4, -0.2) is 59.2 Å². The van der Waals surface area contributed by atoms with Gasteiger partial charge in [0.15, 0.2) is 0 Å². The van der Waals surface area contributed by atoms with E-state index in [9.17, 15) is 0 Å². The first-order valence-electron chi connectivity index (χ1n) is 11.3. The van der Waals surface area contributed by atoms with E-state index in [1.54, 1.807) is 0 Å². The van der Waals surface area contributed by atoms with Gasteiger partial charge in [-0.05, 0) is 47.0 Å². The van der Waals surface area contributed by atoms with Gasteiger partial charge in [0.25, 0.3) is 0 Å². The maximum atomic E-state index is 4.70. The van der Waals surface area contributed by atoms with Crippen LogP contribution in [0.25, 0.3) is 33.3 Å². The molecule has 0 radical (unpaired) electrons. The van der Waals surface area contributed by atoms with Crippen LogP contribution in [0.3, 0.4) is 0 Å². The molecule has 4 aromatic rings. The minimum Gasteiger partial charge on any atom is -0.346 e. The number of rotatable bonds is 4. The van der Waals surface area contributed by atoms with Crippen molar-refractivity contribution < 1.29 is 0 Å². The minimum atomic E-state index is 0.792. The quantitative estimate of drug-likeness (QED) is 0.525. The van der Waals surface area contributed by atoms with E-state index in [0.29, 0.717) is 0 Å². The topological polar surface area (TPSA) is 47.5 Å². The third-order valence-electron chi connectivity index (χ3n) is 6.77. The predicted molar refractivity (Wildman–Crippen MR) is 131 cm³/mol. The van der Waals surface area contributed by atoms with Gasteiger partial charge in [-0.15, -0.1) is 0 Å². The largest absolute Gasteiger partial charge is 0.346 e. The van der Waals surface area contributed by atoms with Gasteiger partial charge < -0.3 is 9.88 Å². The predicted octanol–water partition coefficient (Wildman–Crippen LogP) is 4.58. The Bertz CT molecular complexity index is 1290. The van der Waals surface area contributed by atoms with E-state index >= 15 is 0 Å². The van der Waals surface area contributed by atoms with Gasteiger partial charge in [-0.25, -0.2) is 4.98 Å². The average molecular weight is 422 g/mol. The lowest BCUT2D eigenvalue weighted by Gasteiger charge is -2.32. The Hall–Kier alpha value is -3.28. The van der Waals surface area contributed by atoms with Crippen molar-refractivity contribution in [2.24, 2.45) is 4.99 Å². The van der Waals surface area contributed by atoms with Crippen molar-refractivity contribution in [3.05, 3.63) is 77.6 Å². The molecule has 6 rings (SSSR count). The second kappa shape index (κ2) is 8.01. The number of hydrogen-bond donors (Lipinski definition) is 1. The molecule has 2 aromatic carbocycles. The Balaban J connectivity index is 1.27. The second-order valence-corrected chi connectivity index (χ2v) is 8.98. The summed E-state index contributed by atoms with van der Waals surface area (Å²) >= 11 is 0. The molecule has 1 N–H and O–H groups in total. The number of aliphatic imine (C=N–C) groups is 1. The first kappa shape index (κ1) is 19.4. The first-order valence-corrected chi connectivity index (χ1v) is 11.3. The zero-order chi connectivity index (χ0) is 21.5. The molecule has 0 bridgehead atoms. The van der Waals surface area contributed by atoms with E-state index in [4.69, 9.17) is 4.98 Å². The lowest BCUT2D eigenvalue weighted by molar-refractivity contribution is 0.148. The lowest BCUT2D eigenvalue weighted by atomic mass is 9.99. The highest BCUT2D eigenvalue weighted by atomic mass is 15.2. The normalized spacial score (nSPS) is 16.7. The van der Waals surface area contributed by atoms with Gasteiger partial charge in [-0.2, -0.15) is 0 Å². The van der Waals surface area contributed by atoms with Crippen LogP contribution in [-0.2, 0) is 13.1 Å². The molecule has 2 aromatic heterocycles. The molecule has 4 heterocycles. The summed E-state index contributed by atoms with van der Waals surface area (Å²) < 4.78 is 0. The van der Waals surface area contributed by atoms with Crippen molar-refractivity contribution in [3.8, 4) is 22.3 Å². The SMILES string of the molecule is CN1CCN(Cc2ccc(-c3cnc4[nH]cc(-c5ccc6c(c5)C=NC6)c4c3)cc2)CC1. The maximum Gasteiger partial charge on any atom is 0.137 e. The van der Waals surface area contributed by atoms with Gasteiger partial charge >= 0.3 is 0 Å². The molecule has 0 unspecified atom stereocenters. The van der Waals surface area contributed by atoms with Gasteiger partial charge in [0.05, 0.1) is 6.54 Å². The molecular formula is C27H27N5. The Kier molecular flexibility index (Phi) is 4.86. The van der Waals surface area contributed by atoms with Gasteiger partial charge in [-0.3, -0.25) is 9.89 Å². The molecule has 32 heavy (non-hydrogen) atoms. The van der Waals surface area contributed by atoms with E-state index in [0.717, 1.165) is 55.9 Å². The second-order valence-electron chi connectivity index (χ2n) is 8.98. The van der Waals surface area contributed by atoms with Crippen molar-refractivity contribution in [2.75, 3.05) is 33.2 Å². The van der Waals surface area contributed by atoms with E-state index in [1.807, 2.05) is 12.4 Å². The summed E-state index contributed by atoms with van der Waals surface area (Å²) in [4.78, 5) is 17.4. The van der Waals surface area contributed by atoms with Crippen LogP contribution in [0, 0.1) is 0 Å². The van der Waals surface area contributed by atoms with Gasteiger partial charge in [0, 0.05) is 67.8 Å². The molecule has 2 aliphatic heterocycles. The molecule has 5 nitrogen and oxygen atoms in total. The maximum absolute atomic E-state index is 4.70. The number of benzene rings is 2. The van der Waals surface area contributed by atoms with Crippen molar-refractivity contribution in [1.82, 2.24) is 19.8 Å². The highest BCUT2D eigenvalue weighted by Gasteiger charge is 2.15. The number of aromatic nitrogens is 2. The highest BCUT2D eigenvalue weighted by Crippen LogP contribution is 2.32. The minimum absolute atomic E-state index is 0.792. The summed E-state index contributed by atoms with van der Waals surface area (Å²) in [5.74, 6) is 0. The van der Waals surface area contributed by atoms with Crippen LogP contribution in [0.4, 0.5) is 0 Å². The van der Waals surface area contributed by atoms with Crippen LogP contribution in [0.5, 0.6) is 0 Å². The summed E-state index contributed by atoms with van der Waals surface area (Å²) in [6.45, 7) is 6.40. The average Bonchev–Trinajstić information content (AvgIpc) is 3.47. The number of likely N-dealkylation sites (N-methyl/N-ethyl adjacent to an activating group) is 1. The fourth-order valence-electron chi connectivity index (χ4n) is 4.74. The molecular weight excluding hydrogens is 394 g/mol. The van der Waals surface area contributed by atoms with Crippen molar-refractivity contribution in [2.45, 2.75) is 13.1 Å². The van der Waals surface area contributed by atoms with Crippen LogP contribution < -0.4 is 0 Å². The van der Waals surface area contributed by atoms with Crippen LogP contribution >= 0.6 is 0 Å². The molecule has 0 aliphatic carbocycles.